The number of nitrogens with one attached hydrogen (secondary N) is 1. The first kappa shape index (κ1) is 14.6. The SMILES string of the molecule is CCC(NCC(N)CCCOC)c1nccs1. The van der Waals surface area contributed by atoms with Crippen LogP contribution in [0.25, 0.3) is 0 Å². The Kier molecular flexibility index (Phi) is 7.35. The van der Waals surface area contributed by atoms with Gasteiger partial charge in [0, 0.05) is 37.9 Å². The minimum absolute atomic E-state index is 0.194. The largest absolute Gasteiger partial charge is 0.385 e. The first-order chi connectivity index (χ1) is 8.27. The molecule has 1 heterocycles. The molecule has 17 heavy (non-hydrogen) atoms. The molecule has 3 N–H and O–H groups in total. The number of hydrogen-bond acceptors (Lipinski definition) is 5. The Labute approximate surface area is 108 Å². The fraction of sp³-hybridized carbons (Fsp3) is 0.750. The summed E-state index contributed by atoms with van der Waals surface area (Å²) in [6.45, 7) is 3.79. The summed E-state index contributed by atoms with van der Waals surface area (Å²) in [7, 11) is 1.72. The second kappa shape index (κ2) is 8.58. The predicted molar refractivity (Wildman–Crippen MR) is 72.2 cm³/mol. The number of methoxy groups -OCH3 is 1. The van der Waals surface area contributed by atoms with Crippen molar-refractivity contribution in [2.24, 2.45) is 5.73 Å². The van der Waals surface area contributed by atoms with Crippen LogP contribution in [0.1, 0.15) is 37.2 Å². The van der Waals surface area contributed by atoms with Gasteiger partial charge in [-0.25, -0.2) is 4.98 Å². The maximum absolute atomic E-state index is 6.04. The molecule has 0 saturated heterocycles. The van der Waals surface area contributed by atoms with Crippen LogP contribution in [-0.4, -0.2) is 31.3 Å². The smallest absolute Gasteiger partial charge is 0.109 e. The molecule has 0 aliphatic carbocycles. The molecule has 2 atom stereocenters. The quantitative estimate of drug-likeness (QED) is 0.664. The molecule has 0 aromatic carbocycles. The second-order valence-corrected chi connectivity index (χ2v) is 5.06. The van der Waals surface area contributed by atoms with Crippen LogP contribution in [0, 0.1) is 0 Å². The number of rotatable bonds is 9. The van der Waals surface area contributed by atoms with E-state index in [0.717, 1.165) is 37.4 Å². The molecule has 0 amide bonds. The summed E-state index contributed by atoms with van der Waals surface area (Å²) in [4.78, 5) is 4.34. The Bertz CT molecular complexity index is 279. The van der Waals surface area contributed by atoms with Crippen molar-refractivity contribution in [3.8, 4) is 0 Å². The first-order valence-corrected chi connectivity index (χ1v) is 7.03. The molecule has 1 aromatic heterocycles. The molecule has 0 radical (unpaired) electrons. The average Bonchev–Trinajstić information content (AvgIpc) is 2.84. The lowest BCUT2D eigenvalue weighted by Crippen LogP contribution is -2.36. The maximum atomic E-state index is 6.04. The first-order valence-electron chi connectivity index (χ1n) is 6.15. The topological polar surface area (TPSA) is 60.2 Å². The molecule has 0 aliphatic heterocycles. The fourth-order valence-corrected chi connectivity index (χ4v) is 2.50. The molecule has 98 valence electrons. The lowest BCUT2D eigenvalue weighted by atomic mass is 10.1. The van der Waals surface area contributed by atoms with E-state index in [1.54, 1.807) is 18.4 Å². The zero-order valence-corrected chi connectivity index (χ0v) is 11.5. The third-order valence-electron chi connectivity index (χ3n) is 2.71. The van der Waals surface area contributed by atoms with Crippen molar-refractivity contribution in [2.75, 3.05) is 20.3 Å². The van der Waals surface area contributed by atoms with Crippen molar-refractivity contribution >= 4 is 11.3 Å². The van der Waals surface area contributed by atoms with Gasteiger partial charge >= 0.3 is 0 Å². The maximum Gasteiger partial charge on any atom is 0.109 e. The molecule has 0 fully saturated rings. The molecule has 4 nitrogen and oxygen atoms in total. The van der Waals surface area contributed by atoms with E-state index in [1.807, 2.05) is 11.6 Å². The summed E-state index contributed by atoms with van der Waals surface area (Å²) in [5.41, 5.74) is 6.04. The van der Waals surface area contributed by atoms with Gasteiger partial charge in [0.1, 0.15) is 5.01 Å². The average molecular weight is 257 g/mol. The second-order valence-electron chi connectivity index (χ2n) is 4.13. The van der Waals surface area contributed by atoms with E-state index < -0.39 is 0 Å². The molecule has 0 bridgehead atoms. The van der Waals surface area contributed by atoms with Crippen LogP contribution < -0.4 is 11.1 Å². The van der Waals surface area contributed by atoms with Gasteiger partial charge in [-0.15, -0.1) is 11.3 Å². The third-order valence-corrected chi connectivity index (χ3v) is 3.60. The lowest BCUT2D eigenvalue weighted by molar-refractivity contribution is 0.190. The van der Waals surface area contributed by atoms with Crippen LogP contribution in [0.15, 0.2) is 11.6 Å². The zero-order valence-electron chi connectivity index (χ0n) is 10.7. The Hall–Kier alpha value is -0.490. The zero-order chi connectivity index (χ0) is 12.5. The third kappa shape index (κ3) is 5.59. The van der Waals surface area contributed by atoms with E-state index in [9.17, 15) is 0 Å². The van der Waals surface area contributed by atoms with E-state index in [-0.39, 0.29) is 6.04 Å². The van der Waals surface area contributed by atoms with Gasteiger partial charge in [0.2, 0.25) is 0 Å². The summed E-state index contributed by atoms with van der Waals surface area (Å²) in [6.07, 6.45) is 4.91. The van der Waals surface area contributed by atoms with E-state index in [1.165, 1.54) is 0 Å². The molecule has 1 aromatic rings. The lowest BCUT2D eigenvalue weighted by Gasteiger charge is -2.18. The van der Waals surface area contributed by atoms with Crippen LogP contribution in [0.4, 0.5) is 0 Å². The van der Waals surface area contributed by atoms with E-state index in [0.29, 0.717) is 6.04 Å². The highest BCUT2D eigenvalue weighted by atomic mass is 32.1. The van der Waals surface area contributed by atoms with Gasteiger partial charge in [-0.1, -0.05) is 6.92 Å². The van der Waals surface area contributed by atoms with Crippen molar-refractivity contribution < 1.29 is 4.74 Å². The van der Waals surface area contributed by atoms with E-state index in [2.05, 4.69) is 17.2 Å². The summed E-state index contributed by atoms with van der Waals surface area (Å²) >= 11 is 1.69. The molecule has 0 aliphatic rings. The van der Waals surface area contributed by atoms with Crippen molar-refractivity contribution in [1.29, 1.82) is 0 Å². The highest BCUT2D eigenvalue weighted by molar-refractivity contribution is 7.09. The number of nitrogens with zero attached hydrogens (tertiary/aromatic N) is 1. The van der Waals surface area contributed by atoms with Crippen molar-refractivity contribution in [1.82, 2.24) is 10.3 Å². The predicted octanol–water partition coefficient (Wildman–Crippen LogP) is 1.94. The summed E-state index contributed by atoms with van der Waals surface area (Å²) in [5.74, 6) is 0. The summed E-state index contributed by atoms with van der Waals surface area (Å²) < 4.78 is 5.01. The Morgan fingerprint density at radius 1 is 1.59 bits per heavy atom. The summed E-state index contributed by atoms with van der Waals surface area (Å²) in [6, 6.07) is 0.530. The standard InChI is InChI=1S/C12H23N3OS/c1-3-11(12-14-6-8-17-12)15-9-10(13)5-4-7-16-2/h6,8,10-11,15H,3-5,7,9,13H2,1-2H3. The Morgan fingerprint density at radius 2 is 2.41 bits per heavy atom. The van der Waals surface area contributed by atoms with Crippen molar-refractivity contribution in [3.05, 3.63) is 16.6 Å². The molecule has 5 heteroatoms. The van der Waals surface area contributed by atoms with Crippen LogP contribution >= 0.6 is 11.3 Å². The molecule has 2 unspecified atom stereocenters. The van der Waals surface area contributed by atoms with Gasteiger partial charge < -0.3 is 15.8 Å². The molecule has 1 rings (SSSR count). The minimum atomic E-state index is 0.194. The van der Waals surface area contributed by atoms with Crippen molar-refractivity contribution in [2.45, 2.75) is 38.3 Å². The van der Waals surface area contributed by atoms with Crippen LogP contribution in [0.5, 0.6) is 0 Å². The molecule has 0 spiro atoms. The van der Waals surface area contributed by atoms with Crippen LogP contribution in [-0.2, 0) is 4.74 Å². The highest BCUT2D eigenvalue weighted by Crippen LogP contribution is 2.18. The number of ether oxygens (including phenoxy) is 1. The molecule has 0 saturated carbocycles. The minimum Gasteiger partial charge on any atom is -0.385 e. The van der Waals surface area contributed by atoms with Crippen molar-refractivity contribution in [3.63, 3.8) is 0 Å². The Morgan fingerprint density at radius 3 is 3.00 bits per heavy atom. The molecular weight excluding hydrogens is 234 g/mol. The normalized spacial score (nSPS) is 14.8. The highest BCUT2D eigenvalue weighted by Gasteiger charge is 2.12. The fourth-order valence-electron chi connectivity index (χ4n) is 1.70. The van der Waals surface area contributed by atoms with Gasteiger partial charge in [-0.2, -0.15) is 0 Å². The number of thiazole rings is 1. The van der Waals surface area contributed by atoms with E-state index >= 15 is 0 Å². The monoisotopic (exact) mass is 257 g/mol. The van der Waals surface area contributed by atoms with Crippen LogP contribution in [0.3, 0.4) is 0 Å². The van der Waals surface area contributed by atoms with Crippen LogP contribution in [0.2, 0.25) is 0 Å². The van der Waals surface area contributed by atoms with Gasteiger partial charge in [0.25, 0.3) is 0 Å². The van der Waals surface area contributed by atoms with Gasteiger partial charge in [-0.3, -0.25) is 0 Å². The Balaban J connectivity index is 2.23. The van der Waals surface area contributed by atoms with Gasteiger partial charge in [0.15, 0.2) is 0 Å². The van der Waals surface area contributed by atoms with Gasteiger partial charge in [0.05, 0.1) is 6.04 Å². The number of aromatic nitrogens is 1. The molecular formula is C12H23N3OS. The number of hydrogen-bond donors (Lipinski definition) is 2. The number of nitrogens with two attached hydrogens (primary N) is 1. The van der Waals surface area contributed by atoms with Gasteiger partial charge in [-0.05, 0) is 19.3 Å². The van der Waals surface area contributed by atoms with E-state index in [4.69, 9.17) is 10.5 Å². The summed E-state index contributed by atoms with van der Waals surface area (Å²) in [5, 5.41) is 6.64.